The normalized spacial score (nSPS) is 9.33. The van der Waals surface area contributed by atoms with Crippen LogP contribution >= 0.6 is 0 Å². The smallest absolute Gasteiger partial charge is 0.323 e. The van der Waals surface area contributed by atoms with E-state index >= 15 is 0 Å². The van der Waals surface area contributed by atoms with Gasteiger partial charge in [0.25, 0.3) is 0 Å². The molecule has 78 valence electrons. The summed E-state index contributed by atoms with van der Waals surface area (Å²) in [6, 6.07) is 1.88. The van der Waals surface area contributed by atoms with Crippen molar-refractivity contribution < 1.29 is 9.90 Å². The number of nitrogens with zero attached hydrogens (tertiary/aromatic N) is 4. The number of carboxylic acid groups (broad SMARTS) is 1. The highest BCUT2D eigenvalue weighted by Crippen LogP contribution is 2.12. The summed E-state index contributed by atoms with van der Waals surface area (Å²) < 4.78 is 0. The van der Waals surface area contributed by atoms with E-state index in [0.29, 0.717) is 12.4 Å². The van der Waals surface area contributed by atoms with Gasteiger partial charge in [-0.25, -0.2) is 9.97 Å². The Bertz CT molecular complexity index is 399. The molecule has 6 nitrogen and oxygen atoms in total. The van der Waals surface area contributed by atoms with Gasteiger partial charge in [-0.15, -0.1) is 0 Å². The van der Waals surface area contributed by atoms with E-state index in [2.05, 4.69) is 9.97 Å². The van der Waals surface area contributed by atoms with Gasteiger partial charge < -0.3 is 10.0 Å². The maximum Gasteiger partial charge on any atom is 0.323 e. The van der Waals surface area contributed by atoms with Crippen molar-refractivity contribution in [1.82, 2.24) is 9.97 Å². The van der Waals surface area contributed by atoms with E-state index in [9.17, 15) is 4.79 Å². The minimum absolute atomic E-state index is 0.139. The van der Waals surface area contributed by atoms with Gasteiger partial charge in [0.15, 0.2) is 11.5 Å². The minimum atomic E-state index is -0.966. The SMILES string of the molecule is CCN(CC(=O)O)c1nccnc1C#N. The molecule has 15 heavy (non-hydrogen) atoms. The van der Waals surface area contributed by atoms with E-state index < -0.39 is 5.97 Å². The van der Waals surface area contributed by atoms with E-state index in [1.807, 2.05) is 6.07 Å². The van der Waals surface area contributed by atoms with Crippen LogP contribution in [0.4, 0.5) is 5.82 Å². The molecule has 0 saturated heterocycles. The summed E-state index contributed by atoms with van der Waals surface area (Å²) in [5.74, 6) is -0.656. The van der Waals surface area contributed by atoms with Crippen molar-refractivity contribution in [3.63, 3.8) is 0 Å². The zero-order valence-corrected chi connectivity index (χ0v) is 8.21. The summed E-state index contributed by atoms with van der Waals surface area (Å²) >= 11 is 0. The Balaban J connectivity index is 3.01. The zero-order valence-electron chi connectivity index (χ0n) is 8.21. The number of carbonyl (C=O) groups is 1. The predicted octanol–water partition coefficient (Wildman–Crippen LogP) is 0.259. The third kappa shape index (κ3) is 2.64. The van der Waals surface area contributed by atoms with Crippen molar-refractivity contribution in [2.24, 2.45) is 0 Å². The Morgan fingerprint density at radius 3 is 2.80 bits per heavy atom. The van der Waals surface area contributed by atoms with Crippen LogP contribution in [0.5, 0.6) is 0 Å². The maximum absolute atomic E-state index is 10.6. The molecule has 1 N–H and O–H groups in total. The number of carboxylic acids is 1. The largest absolute Gasteiger partial charge is 0.480 e. The molecule has 1 heterocycles. The molecule has 0 spiro atoms. The summed E-state index contributed by atoms with van der Waals surface area (Å²) in [4.78, 5) is 19.8. The fourth-order valence-electron chi connectivity index (χ4n) is 1.14. The lowest BCUT2D eigenvalue weighted by atomic mass is 10.3. The topological polar surface area (TPSA) is 90.1 Å². The van der Waals surface area contributed by atoms with Gasteiger partial charge in [0, 0.05) is 18.9 Å². The van der Waals surface area contributed by atoms with Gasteiger partial charge in [0.05, 0.1) is 0 Å². The predicted molar refractivity (Wildman–Crippen MR) is 52.3 cm³/mol. The summed E-state index contributed by atoms with van der Waals surface area (Å²) in [6.07, 6.45) is 2.83. The average molecular weight is 206 g/mol. The van der Waals surface area contributed by atoms with Gasteiger partial charge in [-0.1, -0.05) is 0 Å². The minimum Gasteiger partial charge on any atom is -0.480 e. The van der Waals surface area contributed by atoms with Crippen molar-refractivity contribution in [3.8, 4) is 6.07 Å². The first kappa shape index (κ1) is 10.9. The molecule has 0 aliphatic heterocycles. The lowest BCUT2D eigenvalue weighted by Crippen LogP contribution is -2.30. The van der Waals surface area contributed by atoms with Gasteiger partial charge in [0.1, 0.15) is 12.6 Å². The molecule has 0 aliphatic carbocycles. The van der Waals surface area contributed by atoms with Crippen LogP contribution in [-0.4, -0.2) is 34.1 Å². The molecular weight excluding hydrogens is 196 g/mol. The Hall–Kier alpha value is -2.16. The van der Waals surface area contributed by atoms with Crippen LogP contribution in [0, 0.1) is 11.3 Å². The molecule has 1 aromatic rings. The van der Waals surface area contributed by atoms with E-state index in [1.54, 1.807) is 6.92 Å². The lowest BCUT2D eigenvalue weighted by molar-refractivity contribution is -0.135. The maximum atomic E-state index is 10.6. The van der Waals surface area contributed by atoms with Gasteiger partial charge >= 0.3 is 5.97 Å². The number of rotatable bonds is 4. The first-order valence-corrected chi connectivity index (χ1v) is 4.37. The fourth-order valence-corrected chi connectivity index (χ4v) is 1.14. The van der Waals surface area contributed by atoms with Gasteiger partial charge in [-0.3, -0.25) is 4.79 Å². The summed E-state index contributed by atoms with van der Waals surface area (Å²) in [6.45, 7) is 2.06. The highest BCUT2D eigenvalue weighted by molar-refractivity contribution is 5.73. The number of anilines is 1. The molecular formula is C9H10N4O2. The fraction of sp³-hybridized carbons (Fsp3) is 0.333. The third-order valence-electron chi connectivity index (χ3n) is 1.79. The first-order chi connectivity index (χ1) is 7.19. The summed E-state index contributed by atoms with van der Waals surface area (Å²) in [5, 5.41) is 17.4. The summed E-state index contributed by atoms with van der Waals surface area (Å²) in [7, 11) is 0. The van der Waals surface area contributed by atoms with Gasteiger partial charge in [-0.2, -0.15) is 5.26 Å². The Morgan fingerprint density at radius 1 is 1.60 bits per heavy atom. The molecule has 0 bridgehead atoms. The van der Waals surface area contributed by atoms with Crippen LogP contribution in [0.15, 0.2) is 12.4 Å². The standard InChI is InChI=1S/C9H10N4O2/c1-2-13(6-8(14)15)9-7(5-10)11-3-4-12-9/h3-4H,2,6H2,1H3,(H,14,15). The molecule has 0 fully saturated rings. The molecule has 0 saturated carbocycles. The van der Waals surface area contributed by atoms with Crippen LogP contribution < -0.4 is 4.90 Å². The van der Waals surface area contributed by atoms with E-state index in [1.165, 1.54) is 17.3 Å². The molecule has 1 aromatic heterocycles. The van der Waals surface area contributed by atoms with Crippen LogP contribution in [-0.2, 0) is 4.79 Å². The highest BCUT2D eigenvalue weighted by Gasteiger charge is 2.14. The molecule has 6 heteroatoms. The lowest BCUT2D eigenvalue weighted by Gasteiger charge is -2.19. The number of hydrogen-bond acceptors (Lipinski definition) is 5. The first-order valence-electron chi connectivity index (χ1n) is 4.37. The molecule has 0 atom stereocenters. The monoisotopic (exact) mass is 206 g/mol. The van der Waals surface area contributed by atoms with Crippen LogP contribution in [0.3, 0.4) is 0 Å². The third-order valence-corrected chi connectivity index (χ3v) is 1.79. The number of likely N-dealkylation sites (N-methyl/N-ethyl adjacent to an activating group) is 1. The molecule has 0 radical (unpaired) electrons. The quantitative estimate of drug-likeness (QED) is 0.759. The van der Waals surface area contributed by atoms with Gasteiger partial charge in [0.2, 0.25) is 0 Å². The van der Waals surface area contributed by atoms with Crippen molar-refractivity contribution in [3.05, 3.63) is 18.1 Å². The van der Waals surface area contributed by atoms with E-state index in [-0.39, 0.29) is 12.2 Å². The second kappa shape index (κ2) is 4.91. The Morgan fingerprint density at radius 2 is 2.27 bits per heavy atom. The van der Waals surface area contributed by atoms with Crippen molar-refractivity contribution in [1.29, 1.82) is 5.26 Å². The zero-order chi connectivity index (χ0) is 11.3. The van der Waals surface area contributed by atoms with Crippen molar-refractivity contribution >= 4 is 11.8 Å². The number of aliphatic carboxylic acids is 1. The molecule has 0 unspecified atom stereocenters. The van der Waals surface area contributed by atoms with Crippen molar-refractivity contribution in [2.45, 2.75) is 6.92 Å². The molecule has 0 aromatic carbocycles. The molecule has 0 aliphatic rings. The second-order valence-electron chi connectivity index (χ2n) is 2.75. The molecule has 0 amide bonds. The summed E-state index contributed by atoms with van der Waals surface area (Å²) in [5.41, 5.74) is 0.139. The highest BCUT2D eigenvalue weighted by atomic mass is 16.4. The second-order valence-corrected chi connectivity index (χ2v) is 2.75. The van der Waals surface area contributed by atoms with Crippen LogP contribution in [0.25, 0.3) is 0 Å². The number of aromatic nitrogens is 2. The molecule has 1 rings (SSSR count). The van der Waals surface area contributed by atoms with E-state index in [4.69, 9.17) is 10.4 Å². The van der Waals surface area contributed by atoms with Crippen LogP contribution in [0.1, 0.15) is 12.6 Å². The van der Waals surface area contributed by atoms with Crippen LogP contribution in [0.2, 0.25) is 0 Å². The number of nitriles is 1. The Labute approximate surface area is 86.8 Å². The average Bonchev–Trinajstić information content (AvgIpc) is 2.25. The van der Waals surface area contributed by atoms with Gasteiger partial charge in [-0.05, 0) is 6.92 Å². The number of hydrogen-bond donors (Lipinski definition) is 1. The Kier molecular flexibility index (Phi) is 3.57. The van der Waals surface area contributed by atoms with Crippen molar-refractivity contribution in [2.75, 3.05) is 18.0 Å². The van der Waals surface area contributed by atoms with E-state index in [0.717, 1.165) is 0 Å².